The monoisotopic (exact) mass is 254 g/mol. The van der Waals surface area contributed by atoms with E-state index in [0.717, 1.165) is 18.8 Å². The smallest absolute Gasteiger partial charge is 0.119 e. The Kier molecular flexibility index (Phi) is 4.62. The fourth-order valence-electron chi connectivity index (χ4n) is 2.40. The molecular weight excluding hydrogens is 232 g/mol. The number of benzene rings is 2. The van der Waals surface area contributed by atoms with Gasteiger partial charge in [-0.25, -0.2) is 0 Å². The molecule has 100 valence electrons. The molecule has 0 bridgehead atoms. The number of hydrogen-bond donors (Lipinski definition) is 0. The highest BCUT2D eigenvalue weighted by atomic mass is 16.5. The van der Waals surface area contributed by atoms with Crippen LogP contribution in [0.5, 0.6) is 5.75 Å². The fraction of sp³-hybridized carbons (Fsp3) is 0.333. The van der Waals surface area contributed by atoms with Crippen molar-refractivity contribution in [3.05, 3.63) is 53.6 Å². The summed E-state index contributed by atoms with van der Waals surface area (Å²) in [5, 5.41) is 0. The summed E-state index contributed by atoms with van der Waals surface area (Å²) in [4.78, 5) is 0. The number of ether oxygens (including phenoxy) is 1. The molecule has 2 rings (SSSR count). The Morgan fingerprint density at radius 2 is 1.58 bits per heavy atom. The molecule has 0 spiro atoms. The average molecular weight is 254 g/mol. The van der Waals surface area contributed by atoms with Gasteiger partial charge in [-0.05, 0) is 54.7 Å². The lowest BCUT2D eigenvalue weighted by molar-refractivity contribution is 0.309. The molecule has 1 nitrogen and oxygen atoms in total. The molecule has 0 amide bonds. The maximum atomic E-state index is 5.80. The minimum Gasteiger partial charge on any atom is -0.494 e. The zero-order chi connectivity index (χ0) is 13.7. The Morgan fingerprint density at radius 3 is 2.16 bits per heavy atom. The third-order valence-electron chi connectivity index (χ3n) is 3.34. The number of aryl methyl sites for hydroxylation is 2. The molecule has 0 N–H and O–H groups in total. The second-order valence-corrected chi connectivity index (χ2v) is 5.00. The van der Waals surface area contributed by atoms with Gasteiger partial charge in [0, 0.05) is 0 Å². The quantitative estimate of drug-likeness (QED) is 0.670. The molecule has 2 aromatic carbocycles. The molecule has 2 aromatic rings. The van der Waals surface area contributed by atoms with E-state index in [2.05, 4.69) is 63.2 Å². The van der Waals surface area contributed by atoms with Gasteiger partial charge in [-0.3, -0.25) is 0 Å². The van der Waals surface area contributed by atoms with E-state index >= 15 is 0 Å². The molecule has 1 heteroatoms. The van der Waals surface area contributed by atoms with Crippen molar-refractivity contribution in [1.82, 2.24) is 0 Å². The molecule has 0 aliphatic rings. The van der Waals surface area contributed by atoms with E-state index in [9.17, 15) is 0 Å². The van der Waals surface area contributed by atoms with Gasteiger partial charge >= 0.3 is 0 Å². The van der Waals surface area contributed by atoms with Crippen LogP contribution in [0.2, 0.25) is 0 Å². The van der Waals surface area contributed by atoms with E-state index in [4.69, 9.17) is 4.74 Å². The van der Waals surface area contributed by atoms with Crippen LogP contribution in [0.1, 0.15) is 30.9 Å². The van der Waals surface area contributed by atoms with E-state index in [0.29, 0.717) is 0 Å². The normalized spacial score (nSPS) is 10.5. The van der Waals surface area contributed by atoms with E-state index in [1.807, 2.05) is 0 Å². The number of hydrogen-bond acceptors (Lipinski definition) is 1. The Hall–Kier alpha value is -1.76. The third kappa shape index (κ3) is 3.37. The predicted molar refractivity (Wildman–Crippen MR) is 81.8 cm³/mol. The second kappa shape index (κ2) is 6.42. The summed E-state index contributed by atoms with van der Waals surface area (Å²) in [5.41, 5.74) is 5.15. The van der Waals surface area contributed by atoms with E-state index in [1.165, 1.54) is 28.7 Å². The first kappa shape index (κ1) is 13.7. The average Bonchev–Trinajstić information content (AvgIpc) is 2.39. The van der Waals surface area contributed by atoms with Crippen LogP contribution in [0.4, 0.5) is 0 Å². The van der Waals surface area contributed by atoms with Crippen LogP contribution >= 0.6 is 0 Å². The molecule has 0 atom stereocenters. The van der Waals surface area contributed by atoms with Crippen molar-refractivity contribution in [3.63, 3.8) is 0 Å². The lowest BCUT2D eigenvalue weighted by atomic mass is 9.95. The van der Waals surface area contributed by atoms with Crippen molar-refractivity contribution < 1.29 is 4.74 Å². The van der Waals surface area contributed by atoms with Crippen molar-refractivity contribution in [2.24, 2.45) is 0 Å². The van der Waals surface area contributed by atoms with E-state index in [-0.39, 0.29) is 0 Å². The number of rotatable bonds is 5. The highest BCUT2D eigenvalue weighted by molar-refractivity contribution is 5.71. The zero-order valence-electron chi connectivity index (χ0n) is 12.1. The Bertz CT molecular complexity index is 506. The molecule has 0 saturated carbocycles. The van der Waals surface area contributed by atoms with Crippen molar-refractivity contribution in [2.75, 3.05) is 6.61 Å². The first-order chi connectivity index (χ1) is 9.22. The SMILES string of the molecule is CCCCOc1cc(C)c(-c2ccccc2)c(C)c1. The van der Waals surface area contributed by atoms with Gasteiger partial charge < -0.3 is 4.74 Å². The van der Waals surface area contributed by atoms with Crippen LogP contribution in [-0.2, 0) is 0 Å². The Labute approximate surface area is 116 Å². The minimum atomic E-state index is 0.806. The van der Waals surface area contributed by atoms with Crippen LogP contribution in [0.15, 0.2) is 42.5 Å². The standard InChI is InChI=1S/C18H22O/c1-4-5-11-19-17-12-14(2)18(15(3)13-17)16-9-7-6-8-10-16/h6-10,12-13H,4-5,11H2,1-3H3. The van der Waals surface area contributed by atoms with Gasteiger partial charge in [0.05, 0.1) is 6.61 Å². The molecule has 0 unspecified atom stereocenters. The molecule has 0 fully saturated rings. The lowest BCUT2D eigenvalue weighted by Gasteiger charge is -2.13. The van der Waals surface area contributed by atoms with Gasteiger partial charge in [0.1, 0.15) is 5.75 Å². The third-order valence-corrected chi connectivity index (χ3v) is 3.34. The van der Waals surface area contributed by atoms with E-state index in [1.54, 1.807) is 0 Å². The first-order valence-electron chi connectivity index (χ1n) is 7.02. The van der Waals surface area contributed by atoms with Gasteiger partial charge in [-0.2, -0.15) is 0 Å². The van der Waals surface area contributed by atoms with Gasteiger partial charge in [-0.15, -0.1) is 0 Å². The largest absolute Gasteiger partial charge is 0.494 e. The summed E-state index contributed by atoms with van der Waals surface area (Å²) in [6.45, 7) is 7.29. The fourth-order valence-corrected chi connectivity index (χ4v) is 2.40. The molecule has 0 radical (unpaired) electrons. The first-order valence-corrected chi connectivity index (χ1v) is 7.02. The van der Waals surface area contributed by atoms with Crippen molar-refractivity contribution in [2.45, 2.75) is 33.6 Å². The summed E-state index contributed by atoms with van der Waals surface area (Å²) < 4.78 is 5.80. The van der Waals surface area contributed by atoms with Crippen molar-refractivity contribution >= 4 is 0 Å². The topological polar surface area (TPSA) is 9.23 Å². The van der Waals surface area contributed by atoms with Gasteiger partial charge in [0.15, 0.2) is 0 Å². The van der Waals surface area contributed by atoms with Gasteiger partial charge in [0.25, 0.3) is 0 Å². The zero-order valence-corrected chi connectivity index (χ0v) is 12.1. The molecule has 0 aliphatic heterocycles. The van der Waals surface area contributed by atoms with Crippen LogP contribution in [0.25, 0.3) is 11.1 Å². The highest BCUT2D eigenvalue weighted by Crippen LogP contribution is 2.30. The molecule has 0 heterocycles. The maximum absolute atomic E-state index is 5.80. The van der Waals surface area contributed by atoms with Crippen LogP contribution < -0.4 is 4.74 Å². The van der Waals surface area contributed by atoms with Crippen LogP contribution in [0.3, 0.4) is 0 Å². The molecule has 0 aliphatic carbocycles. The Morgan fingerprint density at radius 1 is 0.947 bits per heavy atom. The van der Waals surface area contributed by atoms with Crippen molar-refractivity contribution in [3.8, 4) is 16.9 Å². The second-order valence-electron chi connectivity index (χ2n) is 5.00. The molecule has 19 heavy (non-hydrogen) atoms. The molecular formula is C18H22O. The predicted octanol–water partition coefficient (Wildman–Crippen LogP) is 5.15. The number of unbranched alkanes of at least 4 members (excludes halogenated alkanes) is 1. The summed E-state index contributed by atoms with van der Waals surface area (Å²) in [6.07, 6.45) is 2.28. The summed E-state index contributed by atoms with van der Waals surface area (Å²) in [5.74, 6) is 0.989. The van der Waals surface area contributed by atoms with Crippen LogP contribution in [0, 0.1) is 13.8 Å². The Balaban J connectivity index is 2.28. The summed E-state index contributed by atoms with van der Waals surface area (Å²) >= 11 is 0. The van der Waals surface area contributed by atoms with E-state index < -0.39 is 0 Å². The van der Waals surface area contributed by atoms with Gasteiger partial charge in [-0.1, -0.05) is 43.7 Å². The molecule has 0 saturated heterocycles. The van der Waals surface area contributed by atoms with Crippen LogP contribution in [-0.4, -0.2) is 6.61 Å². The van der Waals surface area contributed by atoms with Crippen molar-refractivity contribution in [1.29, 1.82) is 0 Å². The summed E-state index contributed by atoms with van der Waals surface area (Å²) in [6, 6.07) is 14.8. The summed E-state index contributed by atoms with van der Waals surface area (Å²) in [7, 11) is 0. The highest BCUT2D eigenvalue weighted by Gasteiger charge is 2.07. The maximum Gasteiger partial charge on any atom is 0.119 e. The molecule has 0 aromatic heterocycles. The van der Waals surface area contributed by atoms with Gasteiger partial charge in [0.2, 0.25) is 0 Å². The lowest BCUT2D eigenvalue weighted by Crippen LogP contribution is -1.98. The minimum absolute atomic E-state index is 0.806.